The van der Waals surface area contributed by atoms with E-state index in [0.29, 0.717) is 13.1 Å². The average molecular weight is 259 g/mol. The zero-order valence-corrected chi connectivity index (χ0v) is 11.4. The first-order valence-electron chi connectivity index (χ1n) is 6.64. The molecule has 5 heteroatoms. The van der Waals surface area contributed by atoms with Gasteiger partial charge in [0.15, 0.2) is 0 Å². The summed E-state index contributed by atoms with van der Waals surface area (Å²) < 4.78 is 0. The molecule has 1 unspecified atom stereocenters. The molecule has 0 aromatic rings. The van der Waals surface area contributed by atoms with Gasteiger partial charge in [0.1, 0.15) is 0 Å². The van der Waals surface area contributed by atoms with Gasteiger partial charge in [-0.15, -0.1) is 0 Å². The Morgan fingerprint density at radius 3 is 2.28 bits per heavy atom. The van der Waals surface area contributed by atoms with Crippen molar-refractivity contribution in [1.29, 1.82) is 0 Å². The van der Waals surface area contributed by atoms with E-state index in [0.717, 1.165) is 25.8 Å². The Labute approximate surface area is 109 Å². The Morgan fingerprint density at radius 2 is 1.78 bits per heavy atom. The van der Waals surface area contributed by atoms with E-state index in [-0.39, 0.29) is 6.42 Å². The smallest absolute Gasteiger partial charge is 0.307 e. The second kappa shape index (κ2) is 9.88. The number of carboxylic acid groups (broad SMARTS) is 2. The highest BCUT2D eigenvalue weighted by molar-refractivity contribution is 5.69. The van der Waals surface area contributed by atoms with Crippen molar-refractivity contribution in [2.75, 3.05) is 19.6 Å². The van der Waals surface area contributed by atoms with E-state index in [9.17, 15) is 9.59 Å². The van der Waals surface area contributed by atoms with Gasteiger partial charge in [-0.2, -0.15) is 0 Å². The van der Waals surface area contributed by atoms with Crippen LogP contribution in [-0.4, -0.2) is 46.7 Å². The molecule has 0 aromatic carbocycles. The van der Waals surface area contributed by atoms with E-state index < -0.39 is 17.9 Å². The molecule has 0 rings (SSSR count). The molecule has 106 valence electrons. The van der Waals surface area contributed by atoms with E-state index in [1.54, 1.807) is 6.92 Å². The van der Waals surface area contributed by atoms with Crippen LogP contribution in [0.4, 0.5) is 0 Å². The Balaban J connectivity index is 4.06. The molecule has 18 heavy (non-hydrogen) atoms. The van der Waals surface area contributed by atoms with Gasteiger partial charge in [-0.1, -0.05) is 33.1 Å². The number of hydrogen-bond acceptors (Lipinski definition) is 3. The van der Waals surface area contributed by atoms with Gasteiger partial charge in [0.2, 0.25) is 0 Å². The summed E-state index contributed by atoms with van der Waals surface area (Å²) in [6.07, 6.45) is 4.50. The summed E-state index contributed by atoms with van der Waals surface area (Å²) in [6, 6.07) is 0. The summed E-state index contributed by atoms with van der Waals surface area (Å²) in [5, 5.41) is 17.5. The highest BCUT2D eigenvalue weighted by Gasteiger charge is 2.16. The van der Waals surface area contributed by atoms with Crippen LogP contribution in [0.2, 0.25) is 0 Å². The van der Waals surface area contributed by atoms with Crippen LogP contribution >= 0.6 is 0 Å². The molecule has 0 aliphatic carbocycles. The molecule has 5 nitrogen and oxygen atoms in total. The van der Waals surface area contributed by atoms with Crippen molar-refractivity contribution in [3.8, 4) is 0 Å². The van der Waals surface area contributed by atoms with Crippen LogP contribution < -0.4 is 0 Å². The first-order valence-corrected chi connectivity index (χ1v) is 6.64. The third-order valence-corrected chi connectivity index (χ3v) is 2.92. The monoisotopic (exact) mass is 259 g/mol. The highest BCUT2D eigenvalue weighted by Crippen LogP contribution is 2.06. The number of carboxylic acids is 2. The molecule has 0 spiro atoms. The van der Waals surface area contributed by atoms with Crippen LogP contribution in [0.1, 0.15) is 46.0 Å². The van der Waals surface area contributed by atoms with Gasteiger partial charge in [0.05, 0.1) is 12.3 Å². The zero-order chi connectivity index (χ0) is 14.0. The molecule has 0 saturated carbocycles. The van der Waals surface area contributed by atoms with Crippen molar-refractivity contribution in [1.82, 2.24) is 4.90 Å². The normalized spacial score (nSPS) is 12.6. The van der Waals surface area contributed by atoms with Gasteiger partial charge in [-0.05, 0) is 13.0 Å². The second-order valence-corrected chi connectivity index (χ2v) is 4.74. The third kappa shape index (κ3) is 8.98. The first-order chi connectivity index (χ1) is 8.47. The molecule has 0 aromatic heterocycles. The van der Waals surface area contributed by atoms with Crippen LogP contribution in [0, 0.1) is 5.92 Å². The van der Waals surface area contributed by atoms with Crippen LogP contribution in [0.3, 0.4) is 0 Å². The lowest BCUT2D eigenvalue weighted by Gasteiger charge is -2.23. The predicted molar refractivity (Wildman–Crippen MR) is 69.6 cm³/mol. The number of nitrogens with zero attached hydrogens (tertiary/aromatic N) is 1. The number of rotatable bonds is 11. The molecular weight excluding hydrogens is 234 g/mol. The SMILES string of the molecule is CCCCCCN(CCC(=O)O)CC(C)C(=O)O. The van der Waals surface area contributed by atoms with Crippen LogP contribution in [0.15, 0.2) is 0 Å². The van der Waals surface area contributed by atoms with Crippen LogP contribution in [0.5, 0.6) is 0 Å². The highest BCUT2D eigenvalue weighted by atomic mass is 16.4. The Hall–Kier alpha value is -1.10. The Kier molecular flexibility index (Phi) is 9.28. The molecule has 0 aliphatic rings. The molecule has 1 atom stereocenters. The zero-order valence-electron chi connectivity index (χ0n) is 11.4. The van der Waals surface area contributed by atoms with E-state index in [4.69, 9.17) is 10.2 Å². The van der Waals surface area contributed by atoms with E-state index in [2.05, 4.69) is 6.92 Å². The molecule has 0 heterocycles. The fraction of sp³-hybridized carbons (Fsp3) is 0.846. The maximum atomic E-state index is 10.8. The first kappa shape index (κ1) is 16.9. The van der Waals surface area contributed by atoms with Crippen molar-refractivity contribution in [2.24, 2.45) is 5.92 Å². The van der Waals surface area contributed by atoms with E-state index >= 15 is 0 Å². The van der Waals surface area contributed by atoms with Gasteiger partial charge < -0.3 is 15.1 Å². The maximum absolute atomic E-state index is 10.8. The second-order valence-electron chi connectivity index (χ2n) is 4.74. The fourth-order valence-corrected chi connectivity index (χ4v) is 1.78. The molecule has 0 fully saturated rings. The number of carbonyl (C=O) groups is 2. The van der Waals surface area contributed by atoms with E-state index in [1.807, 2.05) is 4.90 Å². The summed E-state index contributed by atoms with van der Waals surface area (Å²) in [5.74, 6) is -2.12. The lowest BCUT2D eigenvalue weighted by molar-refractivity contribution is -0.141. The molecule has 0 amide bonds. The van der Waals surface area contributed by atoms with Crippen molar-refractivity contribution in [3.63, 3.8) is 0 Å². The van der Waals surface area contributed by atoms with Crippen LogP contribution in [0.25, 0.3) is 0 Å². The Morgan fingerprint density at radius 1 is 1.11 bits per heavy atom. The van der Waals surface area contributed by atoms with Crippen molar-refractivity contribution in [2.45, 2.75) is 46.0 Å². The minimum atomic E-state index is -0.837. The van der Waals surface area contributed by atoms with Gasteiger partial charge >= 0.3 is 11.9 Å². The third-order valence-electron chi connectivity index (χ3n) is 2.92. The Bertz CT molecular complexity index is 255. The lowest BCUT2D eigenvalue weighted by Crippen LogP contribution is -2.34. The summed E-state index contributed by atoms with van der Waals surface area (Å²) in [5.41, 5.74) is 0. The lowest BCUT2D eigenvalue weighted by atomic mass is 10.1. The van der Waals surface area contributed by atoms with Gasteiger partial charge in [-0.3, -0.25) is 9.59 Å². The number of hydrogen-bond donors (Lipinski definition) is 2. The van der Waals surface area contributed by atoms with Gasteiger partial charge in [0.25, 0.3) is 0 Å². The summed E-state index contributed by atoms with van der Waals surface area (Å²) in [4.78, 5) is 23.3. The quantitative estimate of drug-likeness (QED) is 0.555. The summed E-state index contributed by atoms with van der Waals surface area (Å²) >= 11 is 0. The number of aliphatic carboxylic acids is 2. The molecule has 0 bridgehead atoms. The molecular formula is C13H25NO4. The molecule has 2 N–H and O–H groups in total. The van der Waals surface area contributed by atoms with Gasteiger partial charge in [0, 0.05) is 13.1 Å². The molecule has 0 saturated heterocycles. The van der Waals surface area contributed by atoms with E-state index in [1.165, 1.54) is 6.42 Å². The largest absolute Gasteiger partial charge is 0.481 e. The van der Waals surface area contributed by atoms with Crippen molar-refractivity contribution in [3.05, 3.63) is 0 Å². The average Bonchev–Trinajstić information content (AvgIpc) is 2.30. The minimum Gasteiger partial charge on any atom is -0.481 e. The van der Waals surface area contributed by atoms with Crippen molar-refractivity contribution >= 4 is 11.9 Å². The predicted octanol–water partition coefficient (Wildman–Crippen LogP) is 2.06. The minimum absolute atomic E-state index is 0.0696. The molecule has 0 aliphatic heterocycles. The fourth-order valence-electron chi connectivity index (χ4n) is 1.78. The maximum Gasteiger partial charge on any atom is 0.307 e. The topological polar surface area (TPSA) is 77.8 Å². The standard InChI is InChI=1S/C13H25NO4/c1-3-4-5-6-8-14(9-7-12(15)16)10-11(2)13(17)18/h11H,3-10H2,1-2H3,(H,15,16)(H,17,18). The van der Waals surface area contributed by atoms with Crippen molar-refractivity contribution < 1.29 is 19.8 Å². The molecule has 0 radical (unpaired) electrons. The summed E-state index contributed by atoms with van der Waals surface area (Å²) in [7, 11) is 0. The summed E-state index contributed by atoms with van der Waals surface area (Å²) in [6.45, 7) is 5.43. The van der Waals surface area contributed by atoms with Gasteiger partial charge in [-0.25, -0.2) is 0 Å². The number of unbranched alkanes of at least 4 members (excludes halogenated alkanes) is 3. The van der Waals surface area contributed by atoms with Crippen LogP contribution in [-0.2, 0) is 9.59 Å².